The van der Waals surface area contributed by atoms with Gasteiger partial charge in [0, 0.05) is 23.4 Å². The summed E-state index contributed by atoms with van der Waals surface area (Å²) in [5, 5.41) is 15.9. The third-order valence-corrected chi connectivity index (χ3v) is 3.30. The van der Waals surface area contributed by atoms with Crippen molar-refractivity contribution in [2.45, 2.75) is 6.92 Å². The third-order valence-electron chi connectivity index (χ3n) is 3.30. The monoisotopic (exact) mass is 309 g/mol. The topological polar surface area (TPSA) is 99.8 Å². The Morgan fingerprint density at radius 1 is 1.00 bits per heavy atom. The molecule has 0 aliphatic heterocycles. The number of benzene rings is 2. The number of fused-ring (bicyclic) bond motifs is 1. The van der Waals surface area contributed by atoms with Gasteiger partial charge in [0.05, 0.1) is 0 Å². The lowest BCUT2D eigenvalue weighted by atomic mass is 10.1. The summed E-state index contributed by atoms with van der Waals surface area (Å²) in [5.74, 6) is -0.449. The number of aromatic nitrogens is 3. The van der Waals surface area contributed by atoms with Gasteiger partial charge in [-0.1, -0.05) is 6.07 Å². The number of carbonyl (C=O) groups is 2. The molecule has 7 nitrogen and oxygen atoms in total. The minimum absolute atomic E-state index is 0.174. The minimum Gasteiger partial charge on any atom is -0.352 e. The Labute approximate surface area is 132 Å². The molecule has 0 bridgehead atoms. The molecule has 0 fully saturated rings. The van der Waals surface area contributed by atoms with Crippen LogP contribution in [-0.2, 0) is 0 Å². The van der Waals surface area contributed by atoms with Crippen molar-refractivity contribution in [3.8, 4) is 0 Å². The van der Waals surface area contributed by atoms with E-state index in [1.54, 1.807) is 42.5 Å². The van der Waals surface area contributed by atoms with Gasteiger partial charge in [-0.25, -0.2) is 0 Å². The Balaban J connectivity index is 1.79. The van der Waals surface area contributed by atoms with Crippen LogP contribution in [0.2, 0.25) is 0 Å². The molecule has 1 aromatic heterocycles. The molecule has 0 aliphatic carbocycles. The molecule has 3 aromatic rings. The zero-order valence-electron chi connectivity index (χ0n) is 12.5. The Bertz CT molecular complexity index is 872. The molecule has 0 radical (unpaired) electrons. The predicted molar refractivity (Wildman–Crippen MR) is 86.3 cm³/mol. The first kappa shape index (κ1) is 14.7. The fraction of sp³-hybridized carbons (Fsp3) is 0.125. The number of anilines is 1. The van der Waals surface area contributed by atoms with Crippen molar-refractivity contribution >= 4 is 28.5 Å². The van der Waals surface area contributed by atoms with E-state index in [4.69, 9.17) is 0 Å². The van der Waals surface area contributed by atoms with Crippen LogP contribution in [0.25, 0.3) is 11.0 Å². The van der Waals surface area contributed by atoms with Gasteiger partial charge in [0.1, 0.15) is 11.0 Å². The molecule has 0 spiro atoms. The SMILES string of the molecule is CCNC(=O)c1cccc(NC(=O)c2ccc3n[nH]nc3c2)c1. The van der Waals surface area contributed by atoms with Gasteiger partial charge in [0.2, 0.25) is 0 Å². The first-order valence-electron chi connectivity index (χ1n) is 7.17. The summed E-state index contributed by atoms with van der Waals surface area (Å²) >= 11 is 0. The van der Waals surface area contributed by atoms with E-state index < -0.39 is 0 Å². The van der Waals surface area contributed by atoms with Crippen LogP contribution in [0.1, 0.15) is 27.6 Å². The number of nitrogens with zero attached hydrogens (tertiary/aromatic N) is 2. The standard InChI is InChI=1S/C16H15N5O2/c1-2-17-15(22)10-4-3-5-12(8-10)18-16(23)11-6-7-13-14(9-11)20-21-19-13/h3-9H,2H2,1H3,(H,17,22)(H,18,23)(H,19,20,21). The van der Waals surface area contributed by atoms with E-state index in [9.17, 15) is 9.59 Å². The lowest BCUT2D eigenvalue weighted by molar-refractivity contribution is 0.0954. The minimum atomic E-state index is -0.275. The number of nitrogens with one attached hydrogen (secondary N) is 3. The second kappa shape index (κ2) is 6.27. The molecule has 2 amide bonds. The highest BCUT2D eigenvalue weighted by Gasteiger charge is 2.10. The highest BCUT2D eigenvalue weighted by atomic mass is 16.2. The second-order valence-corrected chi connectivity index (χ2v) is 4.92. The summed E-state index contributed by atoms with van der Waals surface area (Å²) in [5.41, 5.74) is 2.83. The number of rotatable bonds is 4. The van der Waals surface area contributed by atoms with Crippen LogP contribution in [0.3, 0.4) is 0 Å². The predicted octanol–water partition coefficient (Wildman–Crippen LogP) is 1.96. The Hall–Kier alpha value is -3.22. The molecule has 7 heteroatoms. The molecule has 23 heavy (non-hydrogen) atoms. The maximum atomic E-state index is 12.3. The van der Waals surface area contributed by atoms with Crippen molar-refractivity contribution in [3.05, 3.63) is 53.6 Å². The largest absolute Gasteiger partial charge is 0.352 e. The van der Waals surface area contributed by atoms with Crippen LogP contribution in [0, 0.1) is 0 Å². The molecule has 3 rings (SSSR count). The first-order valence-corrected chi connectivity index (χ1v) is 7.17. The molecule has 3 N–H and O–H groups in total. The van der Waals surface area contributed by atoms with Gasteiger partial charge in [-0.05, 0) is 43.3 Å². The van der Waals surface area contributed by atoms with Gasteiger partial charge in [0.15, 0.2) is 0 Å². The Kier molecular flexibility index (Phi) is 4.01. The Morgan fingerprint density at radius 3 is 2.61 bits per heavy atom. The lowest BCUT2D eigenvalue weighted by Crippen LogP contribution is -2.22. The van der Waals surface area contributed by atoms with Crippen LogP contribution < -0.4 is 10.6 Å². The van der Waals surface area contributed by atoms with Crippen LogP contribution in [0.15, 0.2) is 42.5 Å². The molecule has 1 heterocycles. The van der Waals surface area contributed by atoms with Gasteiger partial charge in [0.25, 0.3) is 11.8 Å². The molecule has 116 valence electrons. The van der Waals surface area contributed by atoms with E-state index in [0.717, 1.165) is 0 Å². The van der Waals surface area contributed by atoms with Gasteiger partial charge >= 0.3 is 0 Å². The fourth-order valence-corrected chi connectivity index (χ4v) is 2.19. The van der Waals surface area contributed by atoms with E-state index in [2.05, 4.69) is 26.0 Å². The van der Waals surface area contributed by atoms with Crippen LogP contribution in [-0.4, -0.2) is 33.8 Å². The lowest BCUT2D eigenvalue weighted by Gasteiger charge is -2.07. The second-order valence-electron chi connectivity index (χ2n) is 4.92. The van der Waals surface area contributed by atoms with Crippen molar-refractivity contribution < 1.29 is 9.59 Å². The van der Waals surface area contributed by atoms with Gasteiger partial charge in [-0.15, -0.1) is 0 Å². The average Bonchev–Trinajstić information content (AvgIpc) is 3.03. The molecule has 0 saturated heterocycles. The highest BCUT2D eigenvalue weighted by molar-refractivity contribution is 6.06. The van der Waals surface area contributed by atoms with Crippen LogP contribution in [0.4, 0.5) is 5.69 Å². The zero-order valence-corrected chi connectivity index (χ0v) is 12.5. The summed E-state index contributed by atoms with van der Waals surface area (Å²) in [7, 11) is 0. The fourth-order valence-electron chi connectivity index (χ4n) is 2.19. The molecule has 0 saturated carbocycles. The summed E-state index contributed by atoms with van der Waals surface area (Å²) in [6.45, 7) is 2.40. The maximum absolute atomic E-state index is 12.3. The number of carbonyl (C=O) groups excluding carboxylic acids is 2. The van der Waals surface area contributed by atoms with Crippen LogP contribution in [0.5, 0.6) is 0 Å². The van der Waals surface area contributed by atoms with E-state index in [-0.39, 0.29) is 11.8 Å². The van der Waals surface area contributed by atoms with E-state index in [0.29, 0.717) is 34.4 Å². The first-order chi connectivity index (χ1) is 11.2. The number of amides is 2. The normalized spacial score (nSPS) is 10.5. The molecule has 0 unspecified atom stereocenters. The number of aromatic amines is 1. The highest BCUT2D eigenvalue weighted by Crippen LogP contribution is 2.15. The van der Waals surface area contributed by atoms with Crippen molar-refractivity contribution in [2.24, 2.45) is 0 Å². The number of H-pyrrole nitrogens is 1. The third kappa shape index (κ3) is 3.18. The van der Waals surface area contributed by atoms with Crippen molar-refractivity contribution in [3.63, 3.8) is 0 Å². The summed E-state index contributed by atoms with van der Waals surface area (Å²) < 4.78 is 0. The smallest absolute Gasteiger partial charge is 0.255 e. The van der Waals surface area contributed by atoms with E-state index in [1.807, 2.05) is 6.92 Å². The average molecular weight is 309 g/mol. The van der Waals surface area contributed by atoms with E-state index >= 15 is 0 Å². The Morgan fingerprint density at radius 2 is 1.78 bits per heavy atom. The summed E-state index contributed by atoms with van der Waals surface area (Å²) in [6, 6.07) is 11.8. The summed E-state index contributed by atoms with van der Waals surface area (Å²) in [4.78, 5) is 24.1. The van der Waals surface area contributed by atoms with Gasteiger partial charge in [-0.3, -0.25) is 9.59 Å². The molecule has 0 atom stereocenters. The van der Waals surface area contributed by atoms with Crippen LogP contribution >= 0.6 is 0 Å². The van der Waals surface area contributed by atoms with Gasteiger partial charge < -0.3 is 10.6 Å². The number of hydrogen-bond donors (Lipinski definition) is 3. The molecule has 2 aromatic carbocycles. The summed E-state index contributed by atoms with van der Waals surface area (Å²) in [6.07, 6.45) is 0. The maximum Gasteiger partial charge on any atom is 0.255 e. The molecular weight excluding hydrogens is 294 g/mol. The molecule has 0 aliphatic rings. The zero-order chi connectivity index (χ0) is 16.2. The van der Waals surface area contributed by atoms with Gasteiger partial charge in [-0.2, -0.15) is 15.4 Å². The quantitative estimate of drug-likeness (QED) is 0.686. The van der Waals surface area contributed by atoms with Crippen molar-refractivity contribution in [2.75, 3.05) is 11.9 Å². The van der Waals surface area contributed by atoms with E-state index in [1.165, 1.54) is 0 Å². The number of hydrogen-bond acceptors (Lipinski definition) is 4. The van der Waals surface area contributed by atoms with Crippen molar-refractivity contribution in [1.82, 2.24) is 20.7 Å². The molecular formula is C16H15N5O2. The van der Waals surface area contributed by atoms with Crippen molar-refractivity contribution in [1.29, 1.82) is 0 Å².